The molecule has 2 aromatic rings. The van der Waals surface area contributed by atoms with Gasteiger partial charge in [-0.1, -0.05) is 29.8 Å². The number of thioether (sulfide) groups is 1. The normalized spacial score (nSPS) is 10.2. The molecule has 0 fully saturated rings. The molecule has 98 valence electrons. The first-order valence-electron chi connectivity index (χ1n) is 5.46. The highest BCUT2D eigenvalue weighted by Gasteiger charge is 2.16. The SMILES string of the molecule is CSc1ccccc1Oc1c(Cl)cccc1C(=O)O. The Hall–Kier alpha value is -1.65. The fourth-order valence-corrected chi connectivity index (χ4v) is 2.33. The van der Waals surface area contributed by atoms with Crippen molar-refractivity contribution in [2.45, 2.75) is 4.90 Å². The van der Waals surface area contributed by atoms with Crippen molar-refractivity contribution in [3.8, 4) is 11.5 Å². The Morgan fingerprint density at radius 3 is 2.63 bits per heavy atom. The standard InChI is InChI=1S/C14H11ClO3S/c1-19-12-8-3-2-7-11(12)18-13-9(14(16)17)5-4-6-10(13)15/h2-8H,1H3,(H,16,17). The molecule has 0 unspecified atom stereocenters. The van der Waals surface area contributed by atoms with E-state index in [4.69, 9.17) is 21.4 Å². The largest absolute Gasteiger partial charge is 0.478 e. The maximum atomic E-state index is 11.2. The molecule has 0 atom stereocenters. The van der Waals surface area contributed by atoms with E-state index in [-0.39, 0.29) is 16.3 Å². The average molecular weight is 295 g/mol. The first kappa shape index (κ1) is 13.8. The van der Waals surface area contributed by atoms with Crippen LogP contribution >= 0.6 is 23.4 Å². The Morgan fingerprint density at radius 1 is 1.21 bits per heavy atom. The van der Waals surface area contributed by atoms with Crippen LogP contribution in [0.1, 0.15) is 10.4 Å². The lowest BCUT2D eigenvalue weighted by Gasteiger charge is -2.12. The summed E-state index contributed by atoms with van der Waals surface area (Å²) in [4.78, 5) is 12.1. The third kappa shape index (κ3) is 3.03. The molecular weight excluding hydrogens is 284 g/mol. The minimum Gasteiger partial charge on any atom is -0.478 e. The molecule has 0 amide bonds. The summed E-state index contributed by atoms with van der Waals surface area (Å²) in [7, 11) is 0. The van der Waals surface area contributed by atoms with E-state index in [0.717, 1.165) is 4.90 Å². The van der Waals surface area contributed by atoms with Crippen LogP contribution in [0.25, 0.3) is 0 Å². The molecule has 0 spiro atoms. The van der Waals surface area contributed by atoms with Gasteiger partial charge in [0.05, 0.1) is 5.02 Å². The second kappa shape index (κ2) is 5.99. The topological polar surface area (TPSA) is 46.5 Å². The number of hydrogen-bond donors (Lipinski definition) is 1. The number of carbonyl (C=O) groups is 1. The van der Waals surface area contributed by atoms with E-state index in [1.807, 2.05) is 24.5 Å². The third-order valence-electron chi connectivity index (χ3n) is 2.48. The van der Waals surface area contributed by atoms with Gasteiger partial charge >= 0.3 is 5.97 Å². The first-order chi connectivity index (χ1) is 9.13. The van der Waals surface area contributed by atoms with Gasteiger partial charge in [-0.05, 0) is 30.5 Å². The van der Waals surface area contributed by atoms with Crippen LogP contribution in [-0.2, 0) is 0 Å². The Labute approximate surface area is 120 Å². The summed E-state index contributed by atoms with van der Waals surface area (Å²) in [6.07, 6.45) is 1.92. The number of rotatable bonds is 4. The summed E-state index contributed by atoms with van der Waals surface area (Å²) in [6.45, 7) is 0. The molecule has 0 saturated heterocycles. The predicted molar refractivity (Wildman–Crippen MR) is 76.7 cm³/mol. The number of carboxylic acid groups (broad SMARTS) is 1. The Kier molecular flexibility index (Phi) is 4.35. The lowest BCUT2D eigenvalue weighted by Crippen LogP contribution is -2.00. The van der Waals surface area contributed by atoms with Gasteiger partial charge in [-0.15, -0.1) is 11.8 Å². The van der Waals surface area contributed by atoms with Crippen LogP contribution in [0.2, 0.25) is 5.02 Å². The van der Waals surface area contributed by atoms with Crippen molar-refractivity contribution in [2.75, 3.05) is 6.26 Å². The molecule has 0 saturated carbocycles. The molecule has 19 heavy (non-hydrogen) atoms. The van der Waals surface area contributed by atoms with E-state index in [1.54, 1.807) is 18.2 Å². The van der Waals surface area contributed by atoms with Crippen LogP contribution in [0, 0.1) is 0 Å². The minimum atomic E-state index is -1.07. The monoisotopic (exact) mass is 294 g/mol. The predicted octanol–water partition coefficient (Wildman–Crippen LogP) is 4.55. The van der Waals surface area contributed by atoms with Crippen LogP contribution in [0.3, 0.4) is 0 Å². The lowest BCUT2D eigenvalue weighted by atomic mass is 10.2. The number of benzene rings is 2. The van der Waals surface area contributed by atoms with E-state index in [0.29, 0.717) is 5.75 Å². The lowest BCUT2D eigenvalue weighted by molar-refractivity contribution is 0.0694. The van der Waals surface area contributed by atoms with Crippen molar-refractivity contribution in [2.24, 2.45) is 0 Å². The van der Waals surface area contributed by atoms with Crippen LogP contribution in [0.4, 0.5) is 0 Å². The first-order valence-corrected chi connectivity index (χ1v) is 7.06. The molecule has 0 bridgehead atoms. The molecule has 5 heteroatoms. The molecule has 3 nitrogen and oxygen atoms in total. The zero-order valence-corrected chi connectivity index (χ0v) is 11.7. The number of para-hydroxylation sites is 2. The number of ether oxygens (including phenoxy) is 1. The summed E-state index contributed by atoms with van der Waals surface area (Å²) < 4.78 is 5.69. The van der Waals surface area contributed by atoms with Gasteiger partial charge in [0, 0.05) is 4.90 Å². The zero-order chi connectivity index (χ0) is 13.8. The summed E-state index contributed by atoms with van der Waals surface area (Å²) >= 11 is 7.54. The Balaban J connectivity index is 2.46. The summed E-state index contributed by atoms with van der Waals surface area (Å²) in [5.41, 5.74) is 0.0448. The van der Waals surface area contributed by atoms with E-state index in [2.05, 4.69) is 0 Å². The van der Waals surface area contributed by atoms with Gasteiger partial charge in [-0.25, -0.2) is 4.79 Å². The smallest absolute Gasteiger partial charge is 0.339 e. The second-order valence-corrected chi connectivity index (χ2v) is 4.93. The molecule has 0 radical (unpaired) electrons. The fraction of sp³-hybridized carbons (Fsp3) is 0.0714. The highest BCUT2D eigenvalue weighted by Crippen LogP contribution is 2.36. The quantitative estimate of drug-likeness (QED) is 0.840. The van der Waals surface area contributed by atoms with Gasteiger partial charge in [0.15, 0.2) is 5.75 Å². The van der Waals surface area contributed by atoms with Crippen LogP contribution in [0.5, 0.6) is 11.5 Å². The van der Waals surface area contributed by atoms with Gasteiger partial charge in [-0.2, -0.15) is 0 Å². The maximum Gasteiger partial charge on any atom is 0.339 e. The summed E-state index contributed by atoms with van der Waals surface area (Å²) in [5.74, 6) is -0.317. The highest BCUT2D eigenvalue weighted by atomic mass is 35.5. The Bertz CT molecular complexity index is 613. The van der Waals surface area contributed by atoms with Crippen LogP contribution in [0.15, 0.2) is 47.4 Å². The summed E-state index contributed by atoms with van der Waals surface area (Å²) in [6, 6.07) is 12.0. The second-order valence-electron chi connectivity index (χ2n) is 3.67. The zero-order valence-electron chi connectivity index (χ0n) is 10.1. The van der Waals surface area contributed by atoms with E-state index in [9.17, 15) is 4.79 Å². The molecule has 0 aliphatic heterocycles. The van der Waals surface area contributed by atoms with E-state index in [1.165, 1.54) is 17.8 Å². The number of aromatic carboxylic acids is 1. The van der Waals surface area contributed by atoms with Crippen molar-refractivity contribution in [3.05, 3.63) is 53.1 Å². The number of halogens is 1. The molecule has 0 heterocycles. The Morgan fingerprint density at radius 2 is 1.95 bits per heavy atom. The molecular formula is C14H11ClO3S. The summed E-state index contributed by atoms with van der Waals surface area (Å²) in [5, 5.41) is 9.42. The molecule has 2 rings (SSSR count). The van der Waals surface area contributed by atoms with Crippen molar-refractivity contribution in [1.82, 2.24) is 0 Å². The van der Waals surface area contributed by atoms with Gasteiger partial charge in [0.2, 0.25) is 0 Å². The van der Waals surface area contributed by atoms with Gasteiger partial charge < -0.3 is 9.84 Å². The van der Waals surface area contributed by atoms with E-state index >= 15 is 0 Å². The average Bonchev–Trinajstić information content (AvgIpc) is 2.41. The molecule has 1 N–H and O–H groups in total. The highest BCUT2D eigenvalue weighted by molar-refractivity contribution is 7.98. The van der Waals surface area contributed by atoms with Crippen molar-refractivity contribution in [1.29, 1.82) is 0 Å². The van der Waals surface area contributed by atoms with Crippen molar-refractivity contribution < 1.29 is 14.6 Å². The van der Waals surface area contributed by atoms with Crippen molar-refractivity contribution >= 4 is 29.3 Å². The maximum absolute atomic E-state index is 11.2. The molecule has 0 aliphatic carbocycles. The number of carboxylic acids is 1. The minimum absolute atomic E-state index is 0.0448. The van der Waals surface area contributed by atoms with Gasteiger partial charge in [0.1, 0.15) is 11.3 Å². The van der Waals surface area contributed by atoms with Crippen LogP contribution in [-0.4, -0.2) is 17.3 Å². The van der Waals surface area contributed by atoms with E-state index < -0.39 is 5.97 Å². The van der Waals surface area contributed by atoms with Crippen LogP contribution < -0.4 is 4.74 Å². The third-order valence-corrected chi connectivity index (χ3v) is 3.55. The molecule has 0 aliphatic rings. The molecule has 2 aromatic carbocycles. The van der Waals surface area contributed by atoms with Crippen molar-refractivity contribution in [3.63, 3.8) is 0 Å². The fourth-order valence-electron chi connectivity index (χ4n) is 1.59. The van der Waals surface area contributed by atoms with Gasteiger partial charge in [-0.3, -0.25) is 0 Å². The molecule has 0 aromatic heterocycles. The number of hydrogen-bond acceptors (Lipinski definition) is 3. The van der Waals surface area contributed by atoms with Gasteiger partial charge in [0.25, 0.3) is 0 Å².